The summed E-state index contributed by atoms with van der Waals surface area (Å²) in [6.07, 6.45) is 0.904. The lowest BCUT2D eigenvalue weighted by atomic mass is 10.6. The van der Waals surface area contributed by atoms with E-state index < -0.39 is 0 Å². The van der Waals surface area contributed by atoms with Crippen molar-refractivity contribution in [3.05, 3.63) is 0 Å². The minimum Gasteiger partial charge on any atom is -0.330 e. The van der Waals surface area contributed by atoms with Crippen LogP contribution in [0.2, 0.25) is 0 Å². The fourth-order valence-electron chi connectivity index (χ4n) is 0.489. The first kappa shape index (κ1) is 14.0. The first-order valence-corrected chi connectivity index (χ1v) is 7.61. The molecule has 0 rings (SSSR count). The maximum Gasteiger partial charge on any atom is 0.175 e. The van der Waals surface area contributed by atoms with Crippen molar-refractivity contribution in [2.45, 2.75) is 6.17 Å². The first-order chi connectivity index (χ1) is 6.35. The molecule has 0 aromatic rings. The standard InChI is InChI=1S/C4H16N4O2P2S/c5-1-2-11-12-8-4(3-6)7-10-13-9/h4,7-9,11-12H,1-3,5-6H2. The SMILES string of the molecule is NCCPPNC(CN)NOSO. The van der Waals surface area contributed by atoms with Gasteiger partial charge in [-0.3, -0.25) is 5.09 Å². The van der Waals surface area contributed by atoms with E-state index in [9.17, 15) is 0 Å². The van der Waals surface area contributed by atoms with Gasteiger partial charge in [-0.05, 0) is 21.1 Å². The van der Waals surface area contributed by atoms with Crippen LogP contribution in [0.15, 0.2) is 0 Å². The molecule has 9 heteroatoms. The smallest absolute Gasteiger partial charge is 0.175 e. The number of hydroxylamine groups is 1. The van der Waals surface area contributed by atoms with Crippen LogP contribution in [0, 0.1) is 0 Å². The topological polar surface area (TPSA) is 106 Å². The Kier molecular flexibility index (Phi) is 11.9. The molecule has 0 aromatic heterocycles. The van der Waals surface area contributed by atoms with Gasteiger partial charge in [0.2, 0.25) is 0 Å². The lowest BCUT2D eigenvalue weighted by Crippen LogP contribution is -2.42. The number of nitrogens with one attached hydrogen (secondary N) is 2. The van der Waals surface area contributed by atoms with E-state index in [1.165, 1.54) is 0 Å². The molecular weight excluding hydrogens is 230 g/mol. The van der Waals surface area contributed by atoms with Gasteiger partial charge in [0.15, 0.2) is 12.3 Å². The molecule has 13 heavy (non-hydrogen) atoms. The van der Waals surface area contributed by atoms with E-state index in [1.54, 1.807) is 0 Å². The summed E-state index contributed by atoms with van der Waals surface area (Å²) in [5.74, 6) is 0. The normalized spacial score (nSPS) is 15.0. The van der Waals surface area contributed by atoms with Gasteiger partial charge in [-0.15, -0.1) is 0 Å². The van der Waals surface area contributed by atoms with Gasteiger partial charge < -0.3 is 16.0 Å². The zero-order chi connectivity index (χ0) is 9.94. The second kappa shape index (κ2) is 11.0. The summed E-state index contributed by atoms with van der Waals surface area (Å²) >= 11 is 0.268. The molecule has 80 valence electrons. The van der Waals surface area contributed by atoms with Crippen LogP contribution in [0.4, 0.5) is 0 Å². The number of hydrogen-bond acceptors (Lipinski definition) is 7. The molecule has 0 saturated heterocycles. The van der Waals surface area contributed by atoms with Crippen LogP contribution in [0.1, 0.15) is 0 Å². The molecule has 0 bridgehead atoms. The summed E-state index contributed by atoms with van der Waals surface area (Å²) in [6.45, 7) is 1.12. The zero-order valence-corrected chi connectivity index (χ0v) is 9.93. The lowest BCUT2D eigenvalue weighted by molar-refractivity contribution is 0.175. The van der Waals surface area contributed by atoms with Crippen LogP contribution in [-0.2, 0) is 4.28 Å². The molecule has 3 unspecified atom stereocenters. The Hall–Kier alpha value is 0.970. The van der Waals surface area contributed by atoms with Gasteiger partial charge in [-0.1, -0.05) is 8.27 Å². The monoisotopic (exact) mass is 246 g/mol. The molecular formula is C4H16N4O2P2S. The van der Waals surface area contributed by atoms with Crippen molar-refractivity contribution in [2.75, 3.05) is 19.3 Å². The van der Waals surface area contributed by atoms with E-state index in [-0.39, 0.29) is 18.5 Å². The van der Waals surface area contributed by atoms with Crippen LogP contribution >= 0.6 is 29.0 Å². The minimum absolute atomic E-state index is 0.122. The highest BCUT2D eigenvalue weighted by Crippen LogP contribution is 2.31. The molecule has 0 saturated carbocycles. The van der Waals surface area contributed by atoms with Crippen LogP contribution in [0.3, 0.4) is 0 Å². The van der Waals surface area contributed by atoms with E-state index in [0.717, 1.165) is 21.0 Å². The summed E-state index contributed by atoms with van der Waals surface area (Å²) in [7, 11) is 1.43. The zero-order valence-electron chi connectivity index (χ0n) is 7.12. The average molecular weight is 246 g/mol. The summed E-state index contributed by atoms with van der Waals surface area (Å²) in [4.78, 5) is 0. The van der Waals surface area contributed by atoms with E-state index in [4.69, 9.17) is 16.0 Å². The predicted molar refractivity (Wildman–Crippen MR) is 61.0 cm³/mol. The summed E-state index contributed by atoms with van der Waals surface area (Å²) in [6, 6.07) is 0. The maximum absolute atomic E-state index is 8.27. The largest absolute Gasteiger partial charge is 0.330 e. The van der Waals surface area contributed by atoms with Crippen molar-refractivity contribution in [1.29, 1.82) is 0 Å². The van der Waals surface area contributed by atoms with Crippen molar-refractivity contribution in [3.63, 3.8) is 0 Å². The fourth-order valence-corrected chi connectivity index (χ4v) is 3.01. The Bertz CT molecular complexity index is 114. The molecule has 6 nitrogen and oxygen atoms in total. The van der Waals surface area contributed by atoms with Crippen molar-refractivity contribution in [2.24, 2.45) is 11.5 Å². The van der Waals surface area contributed by atoms with Gasteiger partial charge >= 0.3 is 0 Å². The van der Waals surface area contributed by atoms with Gasteiger partial charge in [0.25, 0.3) is 0 Å². The summed E-state index contributed by atoms with van der Waals surface area (Å²) < 4.78 is 12.8. The quantitative estimate of drug-likeness (QED) is 0.124. The van der Waals surface area contributed by atoms with Crippen molar-refractivity contribution in [3.8, 4) is 0 Å². The molecule has 0 aromatic carbocycles. The third kappa shape index (κ3) is 9.28. The van der Waals surface area contributed by atoms with E-state index in [2.05, 4.69) is 14.9 Å². The second-order valence-corrected chi connectivity index (χ2v) is 5.57. The Balaban J connectivity index is 3.25. The molecule has 0 spiro atoms. The lowest BCUT2D eigenvalue weighted by Gasteiger charge is -2.15. The Morgan fingerprint density at radius 2 is 2.31 bits per heavy atom. The van der Waals surface area contributed by atoms with Gasteiger partial charge in [0.05, 0.1) is 6.17 Å². The van der Waals surface area contributed by atoms with Crippen LogP contribution in [-0.4, -0.2) is 30.0 Å². The Morgan fingerprint density at radius 3 is 2.85 bits per heavy atom. The number of nitrogens with two attached hydrogens (primary N) is 2. The maximum atomic E-state index is 8.27. The van der Waals surface area contributed by atoms with Crippen LogP contribution < -0.4 is 22.0 Å². The third-order valence-corrected chi connectivity index (χ3v) is 4.16. The molecule has 0 radical (unpaired) electrons. The number of rotatable bonds is 9. The van der Waals surface area contributed by atoms with E-state index >= 15 is 0 Å². The predicted octanol–water partition coefficient (Wildman–Crippen LogP) is -0.351. The van der Waals surface area contributed by atoms with E-state index in [1.807, 2.05) is 0 Å². The summed E-state index contributed by atoms with van der Waals surface area (Å²) in [5, 5.41) is 3.14. The van der Waals surface area contributed by atoms with Crippen LogP contribution in [0.5, 0.6) is 0 Å². The van der Waals surface area contributed by atoms with Gasteiger partial charge in [0, 0.05) is 6.54 Å². The van der Waals surface area contributed by atoms with Crippen molar-refractivity contribution >= 4 is 29.0 Å². The van der Waals surface area contributed by atoms with Crippen LogP contribution in [0.25, 0.3) is 0 Å². The number of hydrogen-bond donors (Lipinski definition) is 5. The molecule has 3 atom stereocenters. The average Bonchev–Trinajstić information content (AvgIpc) is 2.17. The molecule has 0 fully saturated rings. The van der Waals surface area contributed by atoms with Gasteiger partial charge in [-0.25, -0.2) is 4.28 Å². The van der Waals surface area contributed by atoms with Gasteiger partial charge in [-0.2, -0.15) is 5.48 Å². The Morgan fingerprint density at radius 1 is 1.54 bits per heavy atom. The third-order valence-electron chi connectivity index (χ3n) is 1.07. The van der Waals surface area contributed by atoms with Crippen molar-refractivity contribution < 1.29 is 8.84 Å². The second-order valence-electron chi connectivity index (χ2n) is 2.05. The molecule has 0 amide bonds. The van der Waals surface area contributed by atoms with Crippen molar-refractivity contribution in [1.82, 2.24) is 10.6 Å². The molecule has 0 aliphatic heterocycles. The Labute approximate surface area is 85.8 Å². The molecule has 0 heterocycles. The summed E-state index contributed by atoms with van der Waals surface area (Å²) in [5.41, 5.74) is 13.3. The highest BCUT2D eigenvalue weighted by Gasteiger charge is 2.03. The van der Waals surface area contributed by atoms with E-state index in [0.29, 0.717) is 15.0 Å². The molecule has 0 aliphatic carbocycles. The fraction of sp³-hybridized carbons (Fsp3) is 1.00. The highest BCUT2D eigenvalue weighted by molar-refractivity contribution is 8.10. The first-order valence-electron chi connectivity index (χ1n) is 3.71. The highest BCUT2D eigenvalue weighted by atomic mass is 32.2. The molecule has 0 aliphatic rings. The molecule has 7 N–H and O–H groups in total. The minimum atomic E-state index is -0.122. The van der Waals surface area contributed by atoms with Gasteiger partial charge in [0.1, 0.15) is 0 Å².